The van der Waals surface area contributed by atoms with Gasteiger partial charge in [-0.15, -0.1) is 0 Å². The van der Waals surface area contributed by atoms with Gasteiger partial charge in [-0.1, -0.05) is 24.3 Å². The molecule has 1 amide bonds. The second-order valence-electron chi connectivity index (χ2n) is 5.05. The predicted molar refractivity (Wildman–Crippen MR) is 88.1 cm³/mol. The number of hydrogen-bond acceptors (Lipinski definition) is 3. The molecule has 23 heavy (non-hydrogen) atoms. The summed E-state index contributed by atoms with van der Waals surface area (Å²) in [7, 11) is 1.63. The van der Waals surface area contributed by atoms with Gasteiger partial charge in [0.25, 0.3) is 0 Å². The van der Waals surface area contributed by atoms with Crippen molar-refractivity contribution in [3.05, 3.63) is 65.5 Å². The van der Waals surface area contributed by atoms with Crippen molar-refractivity contribution in [1.82, 2.24) is 5.43 Å². The highest BCUT2D eigenvalue weighted by molar-refractivity contribution is 5.82. The van der Waals surface area contributed by atoms with Gasteiger partial charge in [-0.05, 0) is 48.2 Å². The van der Waals surface area contributed by atoms with Crippen LogP contribution in [0.5, 0.6) is 5.75 Å². The Morgan fingerprint density at radius 3 is 2.52 bits per heavy atom. The first-order chi connectivity index (χ1) is 11.2. The number of nitrogens with zero attached hydrogens (tertiary/aromatic N) is 1. The molecule has 0 saturated carbocycles. The average molecular weight is 314 g/mol. The number of rotatable bonds is 7. The fourth-order valence-corrected chi connectivity index (χ4v) is 2.03. The molecule has 0 aromatic heterocycles. The fraction of sp³-hybridized carbons (Fsp3) is 0.222. The third-order valence-corrected chi connectivity index (χ3v) is 3.30. The van der Waals surface area contributed by atoms with Gasteiger partial charge < -0.3 is 4.74 Å². The van der Waals surface area contributed by atoms with Gasteiger partial charge in [-0.2, -0.15) is 5.10 Å². The highest BCUT2D eigenvalue weighted by atomic mass is 19.1. The molecule has 0 fully saturated rings. The number of carbonyl (C=O) groups excluding carboxylic acids is 1. The second-order valence-corrected chi connectivity index (χ2v) is 5.05. The molecule has 1 N–H and O–H groups in total. The predicted octanol–water partition coefficient (Wildman–Crippen LogP) is 3.31. The van der Waals surface area contributed by atoms with Crippen LogP contribution in [0.4, 0.5) is 4.39 Å². The van der Waals surface area contributed by atoms with E-state index in [-0.39, 0.29) is 11.7 Å². The molecule has 4 nitrogen and oxygen atoms in total. The quantitative estimate of drug-likeness (QED) is 0.629. The molecule has 0 aliphatic rings. The Morgan fingerprint density at radius 1 is 1.17 bits per heavy atom. The largest absolute Gasteiger partial charge is 0.497 e. The first-order valence-corrected chi connectivity index (χ1v) is 7.38. The zero-order chi connectivity index (χ0) is 16.5. The Balaban J connectivity index is 1.69. The summed E-state index contributed by atoms with van der Waals surface area (Å²) in [4.78, 5) is 11.7. The number of ether oxygens (including phenoxy) is 1. The minimum atomic E-state index is -0.301. The van der Waals surface area contributed by atoms with E-state index in [2.05, 4.69) is 10.5 Å². The Labute approximate surface area is 135 Å². The van der Waals surface area contributed by atoms with Crippen LogP contribution in [0.1, 0.15) is 24.0 Å². The standard InChI is InChI=1S/C18H19FN2O2/c1-23-17-11-7-14(8-12-17)3-2-4-18(22)21-20-13-15-5-9-16(19)10-6-15/h5-13H,2-4H2,1H3,(H,21,22). The lowest BCUT2D eigenvalue weighted by molar-refractivity contribution is -0.121. The van der Waals surface area contributed by atoms with Crippen LogP contribution in [0.2, 0.25) is 0 Å². The van der Waals surface area contributed by atoms with Gasteiger partial charge in [0.15, 0.2) is 0 Å². The molecule has 5 heteroatoms. The van der Waals surface area contributed by atoms with E-state index in [1.165, 1.54) is 18.3 Å². The van der Waals surface area contributed by atoms with E-state index in [1.54, 1.807) is 19.2 Å². The van der Waals surface area contributed by atoms with Gasteiger partial charge >= 0.3 is 0 Å². The molecule has 2 aromatic carbocycles. The van der Waals surface area contributed by atoms with Crippen molar-refractivity contribution in [2.45, 2.75) is 19.3 Å². The van der Waals surface area contributed by atoms with Crippen molar-refractivity contribution < 1.29 is 13.9 Å². The lowest BCUT2D eigenvalue weighted by Gasteiger charge is -2.03. The number of aryl methyl sites for hydroxylation is 1. The molecule has 0 spiro atoms. The summed E-state index contributed by atoms with van der Waals surface area (Å²) < 4.78 is 17.8. The van der Waals surface area contributed by atoms with Gasteiger partial charge in [-0.25, -0.2) is 9.82 Å². The average Bonchev–Trinajstić information content (AvgIpc) is 2.57. The summed E-state index contributed by atoms with van der Waals surface area (Å²) in [6.07, 6.45) is 3.44. The highest BCUT2D eigenvalue weighted by Crippen LogP contribution is 2.13. The second kappa shape index (κ2) is 8.68. The minimum Gasteiger partial charge on any atom is -0.497 e. The molecule has 0 bridgehead atoms. The summed E-state index contributed by atoms with van der Waals surface area (Å²) in [6, 6.07) is 13.7. The van der Waals surface area contributed by atoms with Crippen molar-refractivity contribution in [3.63, 3.8) is 0 Å². The topological polar surface area (TPSA) is 50.7 Å². The monoisotopic (exact) mass is 314 g/mol. The van der Waals surface area contributed by atoms with Crippen molar-refractivity contribution in [1.29, 1.82) is 0 Å². The van der Waals surface area contributed by atoms with Crippen LogP contribution in [-0.4, -0.2) is 19.2 Å². The minimum absolute atomic E-state index is 0.142. The highest BCUT2D eigenvalue weighted by Gasteiger charge is 2.01. The SMILES string of the molecule is COc1ccc(CCCC(=O)NN=Cc2ccc(F)cc2)cc1. The van der Waals surface area contributed by atoms with Crippen molar-refractivity contribution >= 4 is 12.1 Å². The number of hydrazone groups is 1. The van der Waals surface area contributed by atoms with Crippen molar-refractivity contribution in [3.8, 4) is 5.75 Å². The summed E-state index contributed by atoms with van der Waals surface area (Å²) in [6.45, 7) is 0. The van der Waals surface area contributed by atoms with Crippen molar-refractivity contribution in [2.75, 3.05) is 7.11 Å². The molecule has 0 aliphatic heterocycles. The van der Waals surface area contributed by atoms with Crippen LogP contribution in [0, 0.1) is 5.82 Å². The van der Waals surface area contributed by atoms with Gasteiger partial charge in [0.05, 0.1) is 13.3 Å². The van der Waals surface area contributed by atoms with E-state index >= 15 is 0 Å². The molecule has 120 valence electrons. The molecular weight excluding hydrogens is 295 g/mol. The van der Waals surface area contributed by atoms with E-state index in [9.17, 15) is 9.18 Å². The van der Waals surface area contributed by atoms with Crippen LogP contribution in [-0.2, 0) is 11.2 Å². The number of methoxy groups -OCH3 is 1. The molecule has 2 rings (SSSR count). The number of nitrogens with one attached hydrogen (secondary N) is 1. The Morgan fingerprint density at radius 2 is 1.87 bits per heavy atom. The number of hydrogen-bond donors (Lipinski definition) is 1. The maximum atomic E-state index is 12.7. The summed E-state index contributed by atoms with van der Waals surface area (Å²) >= 11 is 0. The van der Waals surface area contributed by atoms with Crippen LogP contribution in [0.15, 0.2) is 53.6 Å². The van der Waals surface area contributed by atoms with Crippen LogP contribution in [0.3, 0.4) is 0 Å². The summed E-state index contributed by atoms with van der Waals surface area (Å²) in [5, 5.41) is 3.86. The zero-order valence-corrected chi connectivity index (χ0v) is 13.0. The van der Waals surface area contributed by atoms with Gasteiger partial charge in [0, 0.05) is 6.42 Å². The molecular formula is C18H19FN2O2. The first-order valence-electron chi connectivity index (χ1n) is 7.38. The molecule has 0 radical (unpaired) electrons. The van der Waals surface area contributed by atoms with E-state index in [0.29, 0.717) is 6.42 Å². The maximum absolute atomic E-state index is 12.7. The third-order valence-electron chi connectivity index (χ3n) is 3.30. The number of carbonyl (C=O) groups is 1. The Bertz CT molecular complexity index is 652. The molecule has 0 aliphatic carbocycles. The number of benzene rings is 2. The molecule has 2 aromatic rings. The smallest absolute Gasteiger partial charge is 0.240 e. The van der Waals surface area contributed by atoms with Crippen LogP contribution in [0.25, 0.3) is 0 Å². The first kappa shape index (κ1) is 16.7. The molecule has 0 atom stereocenters. The Kier molecular flexibility index (Phi) is 6.29. The molecule has 0 saturated heterocycles. The van der Waals surface area contributed by atoms with Crippen LogP contribution < -0.4 is 10.2 Å². The van der Waals surface area contributed by atoms with Crippen molar-refractivity contribution in [2.24, 2.45) is 5.10 Å². The van der Waals surface area contributed by atoms with Gasteiger partial charge in [0.1, 0.15) is 11.6 Å². The normalized spacial score (nSPS) is 10.7. The van der Waals surface area contributed by atoms with Gasteiger partial charge in [-0.3, -0.25) is 4.79 Å². The summed E-state index contributed by atoms with van der Waals surface area (Å²) in [5.74, 6) is 0.378. The molecule has 0 unspecified atom stereocenters. The van der Waals surface area contributed by atoms with E-state index < -0.39 is 0 Å². The fourth-order valence-electron chi connectivity index (χ4n) is 2.03. The number of amides is 1. The lowest BCUT2D eigenvalue weighted by Crippen LogP contribution is -2.17. The summed E-state index contributed by atoms with van der Waals surface area (Å²) in [5.41, 5.74) is 4.35. The van der Waals surface area contributed by atoms with E-state index in [4.69, 9.17) is 4.74 Å². The maximum Gasteiger partial charge on any atom is 0.240 e. The van der Waals surface area contributed by atoms with E-state index in [0.717, 1.165) is 29.7 Å². The third kappa shape index (κ3) is 5.90. The molecule has 0 heterocycles. The van der Waals surface area contributed by atoms with Crippen LogP contribution >= 0.6 is 0 Å². The zero-order valence-electron chi connectivity index (χ0n) is 13.0. The van der Waals surface area contributed by atoms with E-state index in [1.807, 2.05) is 24.3 Å². The number of halogens is 1. The van der Waals surface area contributed by atoms with Gasteiger partial charge in [0.2, 0.25) is 5.91 Å². The Hall–Kier alpha value is -2.69. The lowest BCUT2D eigenvalue weighted by atomic mass is 10.1.